The molecule has 0 spiro atoms. The monoisotopic (exact) mass is 571 g/mol. The molecule has 2 amide bonds. The minimum atomic E-state index is -3.95. The molecule has 2 aromatic rings. The van der Waals surface area contributed by atoms with Crippen LogP contribution in [0.2, 0.25) is 10.0 Å². The molecule has 11 heteroatoms. The summed E-state index contributed by atoms with van der Waals surface area (Å²) in [5.74, 6) is -1.60. The van der Waals surface area contributed by atoms with E-state index in [0.717, 1.165) is 54.8 Å². The van der Waals surface area contributed by atoms with Gasteiger partial charge in [0.15, 0.2) is 0 Å². The number of nitrogens with one attached hydrogen (secondary N) is 1. The third-order valence-corrected chi connectivity index (χ3v) is 8.31. The second-order valence-corrected chi connectivity index (χ2v) is 12.0. The molecule has 1 aliphatic carbocycles. The molecule has 1 aliphatic rings. The van der Waals surface area contributed by atoms with Crippen LogP contribution < -0.4 is 9.62 Å². The minimum Gasteiger partial charge on any atom is -0.352 e. The Morgan fingerprint density at radius 3 is 2.35 bits per heavy atom. The molecule has 3 rings (SSSR count). The van der Waals surface area contributed by atoms with Crippen molar-refractivity contribution in [2.75, 3.05) is 17.1 Å². The third kappa shape index (κ3) is 7.82. The number of anilines is 1. The van der Waals surface area contributed by atoms with E-state index >= 15 is 0 Å². The topological polar surface area (TPSA) is 86.8 Å². The van der Waals surface area contributed by atoms with Crippen LogP contribution >= 0.6 is 23.2 Å². The van der Waals surface area contributed by atoms with Crippen LogP contribution in [0.3, 0.4) is 0 Å². The fourth-order valence-corrected chi connectivity index (χ4v) is 5.74. The van der Waals surface area contributed by atoms with Crippen LogP contribution in [0.15, 0.2) is 42.5 Å². The van der Waals surface area contributed by atoms with Crippen molar-refractivity contribution >= 4 is 50.7 Å². The maximum absolute atomic E-state index is 13.7. The van der Waals surface area contributed by atoms with Crippen molar-refractivity contribution in [3.63, 3.8) is 0 Å². The van der Waals surface area contributed by atoms with Crippen molar-refractivity contribution < 1.29 is 22.4 Å². The highest BCUT2D eigenvalue weighted by Crippen LogP contribution is 2.26. The smallest absolute Gasteiger partial charge is 0.244 e. The van der Waals surface area contributed by atoms with E-state index in [1.807, 2.05) is 0 Å². The molecule has 0 bridgehead atoms. The Labute approximate surface area is 228 Å². The second-order valence-electron chi connectivity index (χ2n) is 9.25. The number of sulfonamides is 1. The molecule has 1 saturated carbocycles. The van der Waals surface area contributed by atoms with Gasteiger partial charge in [0.1, 0.15) is 18.4 Å². The molecule has 1 N–H and O–H groups in total. The van der Waals surface area contributed by atoms with Crippen molar-refractivity contribution in [1.29, 1.82) is 0 Å². The quantitative estimate of drug-likeness (QED) is 0.427. The average molecular weight is 573 g/mol. The van der Waals surface area contributed by atoms with Crippen LogP contribution in [-0.4, -0.2) is 50.0 Å². The normalized spacial score (nSPS) is 15.2. The highest BCUT2D eigenvalue weighted by Gasteiger charge is 2.33. The predicted molar refractivity (Wildman–Crippen MR) is 145 cm³/mol. The van der Waals surface area contributed by atoms with Gasteiger partial charge in [-0.05, 0) is 49.1 Å². The fourth-order valence-electron chi connectivity index (χ4n) is 4.53. The summed E-state index contributed by atoms with van der Waals surface area (Å²) in [7, 11) is -3.95. The van der Waals surface area contributed by atoms with Crippen molar-refractivity contribution in [3.05, 3.63) is 63.9 Å². The molecular formula is C26H32Cl2FN3O4S. The fraction of sp³-hybridized carbons (Fsp3) is 0.462. The third-order valence-electron chi connectivity index (χ3n) is 6.51. The SMILES string of the molecule is CCC(C(=O)NC1CCCCC1)N(Cc1ccccc1Cl)C(=O)CN(c1ccc(F)c(Cl)c1)S(C)(=O)=O. The summed E-state index contributed by atoms with van der Waals surface area (Å²) >= 11 is 12.2. The number of hydrogen-bond donors (Lipinski definition) is 1. The Bertz CT molecular complexity index is 1220. The number of halogens is 3. The number of carbonyl (C=O) groups excluding carboxylic acids is 2. The molecule has 37 heavy (non-hydrogen) atoms. The maximum atomic E-state index is 13.7. The van der Waals surface area contributed by atoms with Gasteiger partial charge < -0.3 is 10.2 Å². The van der Waals surface area contributed by atoms with Gasteiger partial charge >= 0.3 is 0 Å². The first kappa shape index (κ1) is 29.2. The van der Waals surface area contributed by atoms with E-state index in [2.05, 4.69) is 5.32 Å². The van der Waals surface area contributed by atoms with E-state index in [4.69, 9.17) is 23.2 Å². The molecule has 0 saturated heterocycles. The Balaban J connectivity index is 1.93. The van der Waals surface area contributed by atoms with E-state index in [1.165, 1.54) is 11.0 Å². The van der Waals surface area contributed by atoms with E-state index < -0.39 is 34.3 Å². The summed E-state index contributed by atoms with van der Waals surface area (Å²) in [4.78, 5) is 28.5. The molecule has 7 nitrogen and oxygen atoms in total. The highest BCUT2D eigenvalue weighted by molar-refractivity contribution is 7.92. The van der Waals surface area contributed by atoms with Gasteiger partial charge in [-0.25, -0.2) is 12.8 Å². The van der Waals surface area contributed by atoms with Crippen LogP contribution in [0.1, 0.15) is 51.0 Å². The zero-order valence-electron chi connectivity index (χ0n) is 20.9. The first-order chi connectivity index (χ1) is 17.5. The lowest BCUT2D eigenvalue weighted by Gasteiger charge is -2.34. The van der Waals surface area contributed by atoms with E-state index in [9.17, 15) is 22.4 Å². The zero-order valence-corrected chi connectivity index (χ0v) is 23.3. The molecule has 0 aromatic heterocycles. The molecule has 0 heterocycles. The van der Waals surface area contributed by atoms with Crippen LogP contribution in [-0.2, 0) is 26.2 Å². The van der Waals surface area contributed by atoms with Crippen LogP contribution in [0.5, 0.6) is 0 Å². The lowest BCUT2D eigenvalue weighted by Crippen LogP contribution is -2.54. The van der Waals surface area contributed by atoms with Crippen molar-refractivity contribution in [1.82, 2.24) is 10.2 Å². The minimum absolute atomic E-state index is 0.0108. The highest BCUT2D eigenvalue weighted by atomic mass is 35.5. The first-order valence-electron chi connectivity index (χ1n) is 12.3. The Hall–Kier alpha value is -2.36. The summed E-state index contributed by atoms with van der Waals surface area (Å²) in [6.45, 7) is 1.21. The lowest BCUT2D eigenvalue weighted by atomic mass is 9.95. The van der Waals surface area contributed by atoms with Gasteiger partial charge in [0.25, 0.3) is 0 Å². The molecule has 2 aromatic carbocycles. The maximum Gasteiger partial charge on any atom is 0.244 e. The number of rotatable bonds is 10. The average Bonchev–Trinajstić information content (AvgIpc) is 2.85. The largest absolute Gasteiger partial charge is 0.352 e. The molecule has 202 valence electrons. The molecule has 1 fully saturated rings. The Morgan fingerprint density at radius 2 is 1.76 bits per heavy atom. The van der Waals surface area contributed by atoms with Crippen LogP contribution in [0.4, 0.5) is 10.1 Å². The standard InChI is InChI=1S/C26H32Cl2FN3O4S/c1-3-24(26(34)30-19-10-5-4-6-11-19)31(16-18-9-7-8-12-21(18)27)25(33)17-32(37(2,35)36)20-13-14-23(29)22(28)15-20/h7-9,12-15,19,24H,3-6,10-11,16-17H2,1-2H3,(H,30,34). The Morgan fingerprint density at radius 1 is 1.08 bits per heavy atom. The molecular weight excluding hydrogens is 540 g/mol. The summed E-state index contributed by atoms with van der Waals surface area (Å²) in [5, 5.41) is 3.23. The summed E-state index contributed by atoms with van der Waals surface area (Å²) < 4.78 is 39.9. The number of nitrogens with zero attached hydrogens (tertiary/aromatic N) is 2. The number of amides is 2. The Kier molecular flexibility index (Phi) is 10.2. The van der Waals surface area contributed by atoms with Gasteiger partial charge in [-0.2, -0.15) is 0 Å². The van der Waals surface area contributed by atoms with Crippen molar-refractivity contribution in [3.8, 4) is 0 Å². The van der Waals surface area contributed by atoms with Crippen molar-refractivity contribution in [2.45, 2.75) is 64.1 Å². The molecule has 1 atom stereocenters. The van der Waals surface area contributed by atoms with Gasteiger partial charge in [0, 0.05) is 17.6 Å². The number of carbonyl (C=O) groups is 2. The number of benzene rings is 2. The second kappa shape index (κ2) is 12.9. The van der Waals surface area contributed by atoms with Gasteiger partial charge in [-0.1, -0.05) is 67.6 Å². The van der Waals surface area contributed by atoms with Gasteiger partial charge in [-0.15, -0.1) is 0 Å². The lowest BCUT2D eigenvalue weighted by molar-refractivity contribution is -0.140. The first-order valence-corrected chi connectivity index (χ1v) is 14.9. The molecule has 0 aliphatic heterocycles. The molecule has 1 unspecified atom stereocenters. The zero-order chi connectivity index (χ0) is 27.2. The van der Waals surface area contributed by atoms with Gasteiger partial charge in [-0.3, -0.25) is 13.9 Å². The van der Waals surface area contributed by atoms with E-state index in [0.29, 0.717) is 17.0 Å². The van der Waals surface area contributed by atoms with Crippen LogP contribution in [0, 0.1) is 5.82 Å². The summed E-state index contributed by atoms with van der Waals surface area (Å²) in [6, 6.07) is 9.59. The van der Waals surface area contributed by atoms with Gasteiger partial charge in [0.2, 0.25) is 21.8 Å². The van der Waals surface area contributed by atoms with E-state index in [1.54, 1.807) is 31.2 Å². The summed E-state index contributed by atoms with van der Waals surface area (Å²) in [6.07, 6.45) is 6.23. The van der Waals surface area contributed by atoms with Crippen molar-refractivity contribution in [2.24, 2.45) is 0 Å². The van der Waals surface area contributed by atoms with E-state index in [-0.39, 0.29) is 29.2 Å². The van der Waals surface area contributed by atoms with Crippen LogP contribution in [0.25, 0.3) is 0 Å². The van der Waals surface area contributed by atoms with Gasteiger partial charge in [0.05, 0.1) is 17.0 Å². The molecule has 0 radical (unpaired) electrons. The summed E-state index contributed by atoms with van der Waals surface area (Å²) in [5.41, 5.74) is 0.664. The number of hydrogen-bond acceptors (Lipinski definition) is 4. The predicted octanol–water partition coefficient (Wildman–Crippen LogP) is 5.15.